The summed E-state index contributed by atoms with van der Waals surface area (Å²) in [6.45, 7) is 0. The first-order valence-electron chi connectivity index (χ1n) is 7.68. The number of benzene rings is 4. The number of anilines is 1. The summed E-state index contributed by atoms with van der Waals surface area (Å²) >= 11 is 1.88. The highest BCUT2D eigenvalue weighted by atomic mass is 32.2. The van der Waals surface area contributed by atoms with Gasteiger partial charge in [-0.15, -0.1) is 11.8 Å². The molecular weight excluding hydrogens is 298 g/mol. The molecule has 0 aliphatic heterocycles. The highest BCUT2D eigenvalue weighted by molar-refractivity contribution is 7.98. The van der Waals surface area contributed by atoms with Crippen LogP contribution < -0.4 is 5.73 Å². The first kappa shape index (κ1) is 14.2. The lowest BCUT2D eigenvalue weighted by Crippen LogP contribution is -1.84. The number of fused-ring (bicyclic) bond motifs is 2. The van der Waals surface area contributed by atoms with Crippen molar-refractivity contribution in [3.8, 4) is 0 Å². The smallest absolute Gasteiger partial charge is 0.0320 e. The predicted octanol–water partition coefficient (Wildman–Crippen LogP) is 5.87. The zero-order chi connectivity index (χ0) is 15.6. The molecule has 0 aliphatic rings. The minimum Gasteiger partial charge on any atom is -0.399 e. The van der Waals surface area contributed by atoms with Gasteiger partial charge in [-0.05, 0) is 63.5 Å². The summed E-state index contributed by atoms with van der Waals surface area (Å²) in [5.74, 6) is 0.996. The Kier molecular flexibility index (Phi) is 3.68. The molecule has 1 nitrogen and oxygen atoms in total. The molecule has 0 aromatic heterocycles. The van der Waals surface area contributed by atoms with Crippen LogP contribution in [-0.4, -0.2) is 0 Å². The van der Waals surface area contributed by atoms with Gasteiger partial charge in [-0.3, -0.25) is 0 Å². The first-order chi connectivity index (χ1) is 11.3. The van der Waals surface area contributed by atoms with Gasteiger partial charge in [-0.25, -0.2) is 0 Å². The Morgan fingerprint density at radius 3 is 2.13 bits per heavy atom. The maximum absolute atomic E-state index is 5.88. The van der Waals surface area contributed by atoms with E-state index in [-0.39, 0.29) is 0 Å². The highest BCUT2D eigenvalue weighted by Crippen LogP contribution is 2.29. The average molecular weight is 315 g/mol. The fourth-order valence-electron chi connectivity index (χ4n) is 2.82. The maximum Gasteiger partial charge on any atom is 0.0320 e. The van der Waals surface area contributed by atoms with Gasteiger partial charge in [0.1, 0.15) is 0 Å². The van der Waals surface area contributed by atoms with Crippen LogP contribution >= 0.6 is 11.8 Å². The van der Waals surface area contributed by atoms with E-state index in [0.717, 1.165) is 11.4 Å². The molecule has 2 heteroatoms. The van der Waals surface area contributed by atoms with Gasteiger partial charge in [0.05, 0.1) is 0 Å². The van der Waals surface area contributed by atoms with E-state index in [0.29, 0.717) is 0 Å². The summed E-state index contributed by atoms with van der Waals surface area (Å²) < 4.78 is 0. The van der Waals surface area contributed by atoms with Gasteiger partial charge >= 0.3 is 0 Å². The number of nitrogens with two attached hydrogens (primary N) is 1. The second-order valence-corrected chi connectivity index (χ2v) is 6.79. The van der Waals surface area contributed by atoms with E-state index >= 15 is 0 Å². The molecule has 0 bridgehead atoms. The highest BCUT2D eigenvalue weighted by Gasteiger charge is 2.02. The van der Waals surface area contributed by atoms with E-state index in [2.05, 4.69) is 66.7 Å². The predicted molar refractivity (Wildman–Crippen MR) is 102 cm³/mol. The largest absolute Gasteiger partial charge is 0.399 e. The van der Waals surface area contributed by atoms with Crippen LogP contribution in [0.4, 0.5) is 5.69 Å². The van der Waals surface area contributed by atoms with E-state index in [1.807, 2.05) is 23.9 Å². The fourth-order valence-corrected chi connectivity index (χ4v) is 3.73. The van der Waals surface area contributed by atoms with Crippen LogP contribution in [0.3, 0.4) is 0 Å². The van der Waals surface area contributed by atoms with Crippen molar-refractivity contribution in [2.75, 3.05) is 5.73 Å². The number of thioether (sulfide) groups is 1. The van der Waals surface area contributed by atoms with Crippen molar-refractivity contribution in [2.45, 2.75) is 10.6 Å². The Bertz CT molecular complexity index is 977. The molecule has 4 rings (SSSR count). The summed E-state index contributed by atoms with van der Waals surface area (Å²) in [6, 6.07) is 27.8. The molecule has 0 unspecified atom stereocenters. The van der Waals surface area contributed by atoms with E-state index in [4.69, 9.17) is 5.73 Å². The standard InChI is InChI=1S/C21H17NS/c22-20-8-6-16-11-19-13-21(9-7-17(19)10-18(16)12-20)23-14-15-4-2-1-3-5-15/h1-13H,14,22H2. The van der Waals surface area contributed by atoms with Crippen molar-refractivity contribution in [1.82, 2.24) is 0 Å². The topological polar surface area (TPSA) is 26.0 Å². The Labute approximate surface area is 140 Å². The van der Waals surface area contributed by atoms with Crippen LogP contribution in [0.15, 0.2) is 83.8 Å². The van der Waals surface area contributed by atoms with Crippen molar-refractivity contribution in [3.05, 3.63) is 84.4 Å². The third kappa shape index (κ3) is 3.03. The van der Waals surface area contributed by atoms with Crippen LogP contribution in [0.25, 0.3) is 21.5 Å². The number of hydrogen-bond donors (Lipinski definition) is 1. The van der Waals surface area contributed by atoms with Crippen molar-refractivity contribution >= 4 is 39.0 Å². The molecule has 0 fully saturated rings. The number of hydrogen-bond acceptors (Lipinski definition) is 2. The summed E-state index contributed by atoms with van der Waals surface area (Å²) in [4.78, 5) is 1.30. The second kappa shape index (κ2) is 5.98. The van der Waals surface area contributed by atoms with Crippen molar-refractivity contribution in [3.63, 3.8) is 0 Å². The summed E-state index contributed by atoms with van der Waals surface area (Å²) in [7, 11) is 0. The van der Waals surface area contributed by atoms with Crippen molar-refractivity contribution in [2.24, 2.45) is 0 Å². The van der Waals surface area contributed by atoms with Gasteiger partial charge in [0.15, 0.2) is 0 Å². The minimum atomic E-state index is 0.812. The summed E-state index contributed by atoms with van der Waals surface area (Å²) in [5.41, 5.74) is 8.05. The zero-order valence-electron chi connectivity index (χ0n) is 12.7. The zero-order valence-corrected chi connectivity index (χ0v) is 13.5. The molecule has 0 radical (unpaired) electrons. The molecule has 0 heterocycles. The van der Waals surface area contributed by atoms with E-state index in [1.54, 1.807) is 0 Å². The lowest BCUT2D eigenvalue weighted by atomic mass is 10.0. The molecule has 0 atom stereocenters. The van der Waals surface area contributed by atoms with Gasteiger partial charge in [-0.2, -0.15) is 0 Å². The molecular formula is C21H17NS. The first-order valence-corrected chi connectivity index (χ1v) is 8.66. The SMILES string of the molecule is Nc1ccc2cc3cc(SCc4ccccc4)ccc3cc2c1. The van der Waals surface area contributed by atoms with E-state index < -0.39 is 0 Å². The molecule has 0 saturated heterocycles. The number of rotatable bonds is 3. The van der Waals surface area contributed by atoms with Gasteiger partial charge in [0, 0.05) is 16.3 Å². The van der Waals surface area contributed by atoms with Crippen LogP contribution in [0.2, 0.25) is 0 Å². The van der Waals surface area contributed by atoms with Crippen LogP contribution in [-0.2, 0) is 5.75 Å². The normalized spacial score (nSPS) is 11.1. The van der Waals surface area contributed by atoms with Gasteiger partial charge < -0.3 is 5.73 Å². The quantitative estimate of drug-likeness (QED) is 0.291. The summed E-state index contributed by atoms with van der Waals surface area (Å²) in [5, 5.41) is 4.96. The molecule has 0 amide bonds. The van der Waals surface area contributed by atoms with E-state index in [9.17, 15) is 0 Å². The Morgan fingerprint density at radius 2 is 1.35 bits per heavy atom. The molecule has 4 aromatic rings. The Balaban J connectivity index is 1.67. The lowest BCUT2D eigenvalue weighted by Gasteiger charge is -2.07. The average Bonchev–Trinajstić information content (AvgIpc) is 2.59. The molecule has 4 aromatic carbocycles. The maximum atomic E-state index is 5.88. The van der Waals surface area contributed by atoms with Gasteiger partial charge in [-0.1, -0.05) is 42.5 Å². The van der Waals surface area contributed by atoms with Crippen LogP contribution in [0, 0.1) is 0 Å². The summed E-state index contributed by atoms with van der Waals surface area (Å²) in [6.07, 6.45) is 0. The molecule has 2 N–H and O–H groups in total. The van der Waals surface area contributed by atoms with E-state index in [1.165, 1.54) is 32.0 Å². The monoisotopic (exact) mass is 315 g/mol. The third-order valence-corrected chi connectivity index (χ3v) is 5.10. The number of nitrogen functional groups attached to an aromatic ring is 1. The molecule has 0 saturated carbocycles. The molecule has 112 valence electrons. The minimum absolute atomic E-state index is 0.812. The van der Waals surface area contributed by atoms with Crippen molar-refractivity contribution < 1.29 is 0 Å². The van der Waals surface area contributed by atoms with Gasteiger partial charge in [0.2, 0.25) is 0 Å². The Morgan fingerprint density at radius 1 is 0.652 bits per heavy atom. The fraction of sp³-hybridized carbons (Fsp3) is 0.0476. The van der Waals surface area contributed by atoms with Crippen LogP contribution in [0.5, 0.6) is 0 Å². The Hall–Kier alpha value is -2.45. The third-order valence-electron chi connectivity index (χ3n) is 4.04. The molecule has 23 heavy (non-hydrogen) atoms. The van der Waals surface area contributed by atoms with Gasteiger partial charge in [0.25, 0.3) is 0 Å². The van der Waals surface area contributed by atoms with Crippen molar-refractivity contribution in [1.29, 1.82) is 0 Å². The molecule has 0 spiro atoms. The lowest BCUT2D eigenvalue weighted by molar-refractivity contribution is 1.39. The van der Waals surface area contributed by atoms with Crippen LogP contribution in [0.1, 0.15) is 5.56 Å². The second-order valence-electron chi connectivity index (χ2n) is 5.74. The molecule has 0 aliphatic carbocycles.